The van der Waals surface area contributed by atoms with E-state index >= 15 is 0 Å². The van der Waals surface area contributed by atoms with Crippen LogP contribution < -0.4 is 0 Å². The molecular formula is C23H15ClFN3O3. The number of allylic oxidation sites excluding steroid dienone is 1. The summed E-state index contributed by atoms with van der Waals surface area (Å²) < 4.78 is 15.9. The van der Waals surface area contributed by atoms with Gasteiger partial charge in [0.15, 0.2) is 0 Å². The Balaban J connectivity index is 1.94. The topological polar surface area (TPSA) is 85.1 Å². The average Bonchev–Trinajstić information content (AvgIpc) is 3.13. The Morgan fingerprint density at radius 3 is 2.68 bits per heavy atom. The van der Waals surface area contributed by atoms with E-state index in [1.807, 2.05) is 6.92 Å². The molecule has 0 saturated heterocycles. The van der Waals surface area contributed by atoms with Crippen LogP contribution in [0.4, 0.5) is 4.39 Å². The fourth-order valence-corrected chi connectivity index (χ4v) is 3.58. The lowest BCUT2D eigenvalue weighted by atomic mass is 10.1. The fourth-order valence-electron chi connectivity index (χ4n) is 3.32. The Bertz CT molecular complexity index is 1380. The molecule has 0 aliphatic heterocycles. The van der Waals surface area contributed by atoms with Crippen molar-refractivity contribution in [3.8, 4) is 11.3 Å². The van der Waals surface area contributed by atoms with Gasteiger partial charge in [-0.2, -0.15) is 9.78 Å². The number of hydrogen-bond acceptors (Lipinski definition) is 4. The average molecular weight is 436 g/mol. The lowest BCUT2D eigenvalue weighted by Crippen LogP contribution is -2.15. The molecule has 6 nitrogen and oxygen atoms in total. The van der Waals surface area contributed by atoms with Gasteiger partial charge in [0.1, 0.15) is 17.0 Å². The van der Waals surface area contributed by atoms with Crippen molar-refractivity contribution in [3.63, 3.8) is 0 Å². The Labute approximate surface area is 181 Å². The number of hydrogen-bond donors (Lipinski definition) is 1. The Kier molecular flexibility index (Phi) is 5.35. The molecule has 0 bridgehead atoms. The molecule has 0 atom stereocenters. The zero-order valence-electron chi connectivity index (χ0n) is 16.2. The zero-order valence-corrected chi connectivity index (χ0v) is 17.0. The van der Waals surface area contributed by atoms with Crippen molar-refractivity contribution in [3.05, 3.63) is 88.3 Å². The van der Waals surface area contributed by atoms with E-state index in [9.17, 15) is 14.0 Å². The number of carboxylic acid groups (broad SMARTS) is 1. The van der Waals surface area contributed by atoms with E-state index in [0.29, 0.717) is 16.6 Å². The van der Waals surface area contributed by atoms with Gasteiger partial charge in [0, 0.05) is 11.8 Å². The monoisotopic (exact) mass is 435 g/mol. The first-order valence-electron chi connectivity index (χ1n) is 9.25. The van der Waals surface area contributed by atoms with Crippen LogP contribution >= 0.6 is 11.6 Å². The number of carbonyl (C=O) groups is 2. The number of carbonyl (C=O) groups excluding carboxylic acids is 1. The first-order chi connectivity index (χ1) is 14.9. The molecule has 1 N–H and O–H groups in total. The Morgan fingerprint density at radius 2 is 1.97 bits per heavy atom. The third-order valence-electron chi connectivity index (χ3n) is 4.71. The van der Waals surface area contributed by atoms with E-state index in [1.54, 1.807) is 42.5 Å². The van der Waals surface area contributed by atoms with E-state index in [1.165, 1.54) is 18.3 Å². The maximum atomic E-state index is 14.7. The third-order valence-corrected chi connectivity index (χ3v) is 5.02. The number of aromatic carboxylic acids is 1. The molecule has 2 aromatic heterocycles. The molecule has 4 rings (SSSR count). The number of pyridine rings is 1. The molecule has 0 spiro atoms. The molecule has 2 heterocycles. The van der Waals surface area contributed by atoms with Gasteiger partial charge in [-0.1, -0.05) is 35.9 Å². The van der Waals surface area contributed by atoms with Gasteiger partial charge in [-0.25, -0.2) is 9.18 Å². The maximum Gasteiger partial charge on any atom is 0.335 e. The SMILES string of the molecule is CC=Cc1cccc(Cl)c1C(=O)n1nc(-c2ccc(C(=O)O)cc2F)c2ncccc21. The summed E-state index contributed by atoms with van der Waals surface area (Å²) in [7, 11) is 0. The van der Waals surface area contributed by atoms with Gasteiger partial charge < -0.3 is 5.11 Å². The van der Waals surface area contributed by atoms with Crippen LogP contribution in [0.2, 0.25) is 5.02 Å². The van der Waals surface area contributed by atoms with Crippen molar-refractivity contribution in [2.24, 2.45) is 0 Å². The third kappa shape index (κ3) is 3.60. The summed E-state index contributed by atoms with van der Waals surface area (Å²) in [4.78, 5) is 28.8. The standard InChI is InChI=1S/C23H15ClFN3O3/c1-2-5-13-6-3-7-16(24)19(13)22(29)28-18-8-4-11-26-21(18)20(27-28)15-10-9-14(23(30)31)12-17(15)25/h2-12H,1H3,(H,30,31). The molecule has 0 amide bonds. The second-order valence-corrected chi connectivity index (χ2v) is 7.05. The van der Waals surface area contributed by atoms with Gasteiger partial charge in [0.2, 0.25) is 0 Å². The Hall–Kier alpha value is -3.84. The number of fused-ring (bicyclic) bond motifs is 1. The smallest absolute Gasteiger partial charge is 0.335 e. The van der Waals surface area contributed by atoms with Gasteiger partial charge >= 0.3 is 5.97 Å². The molecule has 0 radical (unpaired) electrons. The van der Waals surface area contributed by atoms with Crippen molar-refractivity contribution in [1.29, 1.82) is 0 Å². The summed E-state index contributed by atoms with van der Waals surface area (Å²) in [6.45, 7) is 1.82. The lowest BCUT2D eigenvalue weighted by molar-refractivity contribution is 0.0696. The van der Waals surface area contributed by atoms with Gasteiger partial charge in [0.25, 0.3) is 5.91 Å². The van der Waals surface area contributed by atoms with Crippen LogP contribution in [0.25, 0.3) is 28.4 Å². The largest absolute Gasteiger partial charge is 0.478 e. The van der Waals surface area contributed by atoms with Crippen molar-refractivity contribution in [1.82, 2.24) is 14.8 Å². The second kappa shape index (κ2) is 8.12. The minimum Gasteiger partial charge on any atom is -0.478 e. The fraction of sp³-hybridized carbons (Fsp3) is 0.0435. The minimum absolute atomic E-state index is 0.0353. The van der Waals surface area contributed by atoms with Crippen molar-refractivity contribution in [2.45, 2.75) is 6.92 Å². The molecule has 4 aromatic rings. The number of aromatic nitrogens is 3. The number of rotatable bonds is 4. The van der Waals surface area contributed by atoms with E-state index in [4.69, 9.17) is 16.7 Å². The van der Waals surface area contributed by atoms with Crippen molar-refractivity contribution < 1.29 is 19.1 Å². The molecule has 0 fully saturated rings. The van der Waals surface area contributed by atoms with Gasteiger partial charge in [-0.15, -0.1) is 0 Å². The lowest BCUT2D eigenvalue weighted by Gasteiger charge is -2.08. The van der Waals surface area contributed by atoms with Crippen molar-refractivity contribution >= 4 is 40.6 Å². The molecule has 2 aromatic carbocycles. The maximum absolute atomic E-state index is 14.7. The van der Waals surface area contributed by atoms with E-state index in [-0.39, 0.29) is 27.4 Å². The molecular weight excluding hydrogens is 421 g/mol. The predicted octanol–water partition coefficient (Wildman–Crippen LogP) is 5.31. The van der Waals surface area contributed by atoms with Crippen LogP contribution in [-0.4, -0.2) is 31.7 Å². The molecule has 154 valence electrons. The van der Waals surface area contributed by atoms with Gasteiger partial charge in [0.05, 0.1) is 21.7 Å². The van der Waals surface area contributed by atoms with E-state index < -0.39 is 17.7 Å². The van der Waals surface area contributed by atoms with Crippen LogP contribution in [-0.2, 0) is 0 Å². The second-order valence-electron chi connectivity index (χ2n) is 6.64. The highest BCUT2D eigenvalue weighted by atomic mass is 35.5. The van der Waals surface area contributed by atoms with E-state index in [2.05, 4.69) is 10.1 Å². The van der Waals surface area contributed by atoms with Crippen LogP contribution in [0.15, 0.2) is 60.8 Å². The van der Waals surface area contributed by atoms with Crippen LogP contribution in [0.1, 0.15) is 33.2 Å². The van der Waals surface area contributed by atoms with Crippen LogP contribution in [0, 0.1) is 5.82 Å². The molecule has 31 heavy (non-hydrogen) atoms. The highest BCUT2D eigenvalue weighted by Crippen LogP contribution is 2.31. The molecule has 0 aliphatic rings. The molecule has 0 aliphatic carbocycles. The summed E-state index contributed by atoms with van der Waals surface area (Å²) in [5, 5.41) is 13.7. The minimum atomic E-state index is -1.25. The summed E-state index contributed by atoms with van der Waals surface area (Å²) in [6.07, 6.45) is 5.05. The van der Waals surface area contributed by atoms with E-state index in [0.717, 1.165) is 10.7 Å². The Morgan fingerprint density at radius 1 is 1.16 bits per heavy atom. The normalized spacial score (nSPS) is 11.3. The summed E-state index contributed by atoms with van der Waals surface area (Å²) in [5.41, 5.74) is 1.51. The highest BCUT2D eigenvalue weighted by Gasteiger charge is 2.24. The quantitative estimate of drug-likeness (QED) is 0.469. The highest BCUT2D eigenvalue weighted by molar-refractivity contribution is 6.34. The number of nitrogens with zero attached hydrogens (tertiary/aromatic N) is 3. The zero-order chi connectivity index (χ0) is 22.1. The van der Waals surface area contributed by atoms with Crippen LogP contribution in [0.5, 0.6) is 0 Å². The van der Waals surface area contributed by atoms with Crippen LogP contribution in [0.3, 0.4) is 0 Å². The van der Waals surface area contributed by atoms with Gasteiger partial charge in [-0.3, -0.25) is 9.78 Å². The molecule has 8 heteroatoms. The summed E-state index contributed by atoms with van der Waals surface area (Å²) >= 11 is 6.33. The predicted molar refractivity (Wildman–Crippen MR) is 116 cm³/mol. The number of halogens is 2. The van der Waals surface area contributed by atoms with Crippen molar-refractivity contribution in [2.75, 3.05) is 0 Å². The number of carboxylic acids is 1. The number of benzene rings is 2. The molecule has 0 unspecified atom stereocenters. The van der Waals surface area contributed by atoms with Gasteiger partial charge in [-0.05, 0) is 48.9 Å². The summed E-state index contributed by atoms with van der Waals surface area (Å²) in [5.74, 6) is -2.52. The molecule has 0 saturated carbocycles. The summed E-state index contributed by atoms with van der Waals surface area (Å²) in [6, 6.07) is 11.9. The first-order valence-corrected chi connectivity index (χ1v) is 9.63. The first kappa shape index (κ1) is 20.4.